The summed E-state index contributed by atoms with van der Waals surface area (Å²) in [7, 11) is -3.55. The van der Waals surface area contributed by atoms with Crippen LogP contribution in [0.5, 0.6) is 0 Å². The van der Waals surface area contributed by atoms with Crippen LogP contribution in [0.3, 0.4) is 0 Å². The number of rotatable bonds is 3. The Labute approximate surface area is 118 Å². The summed E-state index contributed by atoms with van der Waals surface area (Å²) in [6.07, 6.45) is 0.955. The Balaban J connectivity index is 2.35. The fourth-order valence-electron chi connectivity index (χ4n) is 2.08. The monoisotopic (exact) mass is 296 g/mol. The van der Waals surface area contributed by atoms with Crippen LogP contribution in [0.1, 0.15) is 18.9 Å². The Morgan fingerprint density at radius 3 is 2.89 bits per heavy atom. The van der Waals surface area contributed by atoms with Crippen LogP contribution >= 0.6 is 11.8 Å². The van der Waals surface area contributed by atoms with Crippen LogP contribution in [0.15, 0.2) is 29.2 Å². The van der Waals surface area contributed by atoms with Crippen molar-refractivity contribution in [2.75, 3.05) is 18.8 Å². The van der Waals surface area contributed by atoms with Crippen molar-refractivity contribution in [1.29, 1.82) is 5.26 Å². The molecule has 6 heteroatoms. The third kappa shape index (κ3) is 2.94. The third-order valence-corrected chi connectivity index (χ3v) is 6.48. The first-order chi connectivity index (χ1) is 9.09. The summed E-state index contributed by atoms with van der Waals surface area (Å²) in [5.74, 6) is 0.812. The van der Waals surface area contributed by atoms with E-state index in [1.165, 1.54) is 10.4 Å². The van der Waals surface area contributed by atoms with Gasteiger partial charge in [0, 0.05) is 24.1 Å². The minimum absolute atomic E-state index is 0.124. The summed E-state index contributed by atoms with van der Waals surface area (Å²) in [6.45, 7) is 3.11. The van der Waals surface area contributed by atoms with Gasteiger partial charge in [0.25, 0.3) is 0 Å². The Morgan fingerprint density at radius 1 is 1.47 bits per heavy atom. The van der Waals surface area contributed by atoms with Gasteiger partial charge in [-0.1, -0.05) is 19.1 Å². The minimum atomic E-state index is -3.55. The Kier molecular flexibility index (Phi) is 4.50. The number of sulfonamides is 1. The molecule has 0 N–H and O–H groups in total. The number of nitrogens with zero attached hydrogens (tertiary/aromatic N) is 2. The lowest BCUT2D eigenvalue weighted by atomic mass is 10.2. The standard InChI is InChI=1S/C13H16N2O2S2/c1-2-12-10-15(7-8-18-12)19(16,17)13-6-4-3-5-11(13)9-14/h3-6,12H,2,7-8,10H2,1H3. The molecule has 1 heterocycles. The van der Waals surface area contributed by atoms with Gasteiger partial charge in [0.1, 0.15) is 6.07 Å². The highest BCUT2D eigenvalue weighted by Gasteiger charge is 2.31. The molecule has 1 aromatic carbocycles. The Hall–Kier alpha value is -1.03. The molecule has 0 aliphatic carbocycles. The molecule has 0 saturated carbocycles. The molecule has 0 amide bonds. The van der Waals surface area contributed by atoms with E-state index in [0.717, 1.165) is 12.2 Å². The molecule has 1 aromatic rings. The van der Waals surface area contributed by atoms with Crippen LogP contribution in [0.2, 0.25) is 0 Å². The van der Waals surface area contributed by atoms with Crippen LogP contribution in [0.25, 0.3) is 0 Å². The first-order valence-electron chi connectivity index (χ1n) is 6.20. The van der Waals surface area contributed by atoms with Gasteiger partial charge in [-0.25, -0.2) is 8.42 Å². The molecular weight excluding hydrogens is 280 g/mol. The minimum Gasteiger partial charge on any atom is -0.207 e. The van der Waals surface area contributed by atoms with Crippen molar-refractivity contribution in [3.05, 3.63) is 29.8 Å². The zero-order chi connectivity index (χ0) is 13.9. The molecular formula is C13H16N2O2S2. The summed E-state index contributed by atoms with van der Waals surface area (Å²) >= 11 is 1.82. The first kappa shape index (κ1) is 14.4. The molecule has 1 aliphatic heterocycles. The second kappa shape index (κ2) is 5.95. The van der Waals surface area contributed by atoms with Crippen molar-refractivity contribution in [2.24, 2.45) is 0 Å². The van der Waals surface area contributed by atoms with Gasteiger partial charge in [-0.3, -0.25) is 0 Å². The van der Waals surface area contributed by atoms with Gasteiger partial charge in [0.05, 0.1) is 10.5 Å². The lowest BCUT2D eigenvalue weighted by Gasteiger charge is -2.31. The van der Waals surface area contributed by atoms with Gasteiger partial charge in [-0.2, -0.15) is 21.3 Å². The molecule has 1 unspecified atom stereocenters. The second-order valence-corrected chi connectivity index (χ2v) is 7.69. The van der Waals surface area contributed by atoms with Gasteiger partial charge in [-0.05, 0) is 18.6 Å². The summed E-state index contributed by atoms with van der Waals surface area (Å²) in [4.78, 5) is 0.124. The lowest BCUT2D eigenvalue weighted by Crippen LogP contribution is -2.41. The molecule has 1 saturated heterocycles. The van der Waals surface area contributed by atoms with Crippen LogP contribution in [-0.4, -0.2) is 36.8 Å². The van der Waals surface area contributed by atoms with Gasteiger partial charge in [0.15, 0.2) is 0 Å². The molecule has 0 bridgehead atoms. The van der Waals surface area contributed by atoms with Crippen molar-refractivity contribution in [2.45, 2.75) is 23.5 Å². The van der Waals surface area contributed by atoms with E-state index >= 15 is 0 Å². The van der Waals surface area contributed by atoms with E-state index in [0.29, 0.717) is 18.3 Å². The van der Waals surface area contributed by atoms with Crippen molar-refractivity contribution < 1.29 is 8.42 Å². The number of nitriles is 1. The highest BCUT2D eigenvalue weighted by atomic mass is 32.2. The van der Waals surface area contributed by atoms with E-state index in [-0.39, 0.29) is 10.5 Å². The first-order valence-corrected chi connectivity index (χ1v) is 8.69. The SMILES string of the molecule is CCC1CN(S(=O)(=O)c2ccccc2C#N)CCS1. The number of thioether (sulfide) groups is 1. The Bertz CT molecular complexity index is 593. The summed E-state index contributed by atoms with van der Waals surface area (Å²) in [5.41, 5.74) is 0.216. The molecule has 1 atom stereocenters. The fraction of sp³-hybridized carbons (Fsp3) is 0.462. The average molecular weight is 296 g/mol. The molecule has 0 radical (unpaired) electrons. The quantitative estimate of drug-likeness (QED) is 0.856. The van der Waals surface area contributed by atoms with Gasteiger partial charge >= 0.3 is 0 Å². The molecule has 0 aromatic heterocycles. The van der Waals surface area contributed by atoms with Crippen LogP contribution < -0.4 is 0 Å². The largest absolute Gasteiger partial charge is 0.244 e. The van der Waals surface area contributed by atoms with E-state index in [2.05, 4.69) is 6.92 Å². The van der Waals surface area contributed by atoms with E-state index in [4.69, 9.17) is 5.26 Å². The number of hydrogen-bond donors (Lipinski definition) is 0. The smallest absolute Gasteiger partial charge is 0.207 e. The van der Waals surface area contributed by atoms with E-state index in [9.17, 15) is 8.42 Å². The predicted molar refractivity (Wildman–Crippen MR) is 76.5 cm³/mol. The van der Waals surface area contributed by atoms with Crippen LogP contribution in [0.4, 0.5) is 0 Å². The Morgan fingerprint density at radius 2 is 2.21 bits per heavy atom. The van der Waals surface area contributed by atoms with Gasteiger partial charge in [0.2, 0.25) is 10.0 Å². The lowest BCUT2D eigenvalue weighted by molar-refractivity contribution is 0.416. The molecule has 4 nitrogen and oxygen atoms in total. The maximum Gasteiger partial charge on any atom is 0.244 e. The molecule has 0 spiro atoms. The summed E-state index contributed by atoms with van der Waals surface area (Å²) in [6, 6.07) is 8.35. The summed E-state index contributed by atoms with van der Waals surface area (Å²) in [5, 5.41) is 9.39. The maximum absolute atomic E-state index is 12.6. The van der Waals surface area contributed by atoms with Crippen LogP contribution in [-0.2, 0) is 10.0 Å². The highest BCUT2D eigenvalue weighted by Crippen LogP contribution is 2.27. The zero-order valence-electron chi connectivity index (χ0n) is 10.7. The van der Waals surface area contributed by atoms with E-state index in [1.54, 1.807) is 18.2 Å². The van der Waals surface area contributed by atoms with Crippen molar-refractivity contribution in [1.82, 2.24) is 4.31 Å². The fourth-order valence-corrected chi connectivity index (χ4v) is 5.10. The number of benzene rings is 1. The molecule has 19 heavy (non-hydrogen) atoms. The molecule has 2 rings (SSSR count). The van der Waals surface area contributed by atoms with Crippen molar-refractivity contribution >= 4 is 21.8 Å². The van der Waals surface area contributed by atoms with Crippen molar-refractivity contribution in [3.63, 3.8) is 0 Å². The van der Waals surface area contributed by atoms with Gasteiger partial charge < -0.3 is 0 Å². The molecule has 102 valence electrons. The maximum atomic E-state index is 12.6. The zero-order valence-corrected chi connectivity index (χ0v) is 12.4. The normalized spacial score (nSPS) is 20.9. The van der Waals surface area contributed by atoms with E-state index < -0.39 is 10.0 Å². The topological polar surface area (TPSA) is 61.2 Å². The van der Waals surface area contributed by atoms with Gasteiger partial charge in [-0.15, -0.1) is 0 Å². The second-order valence-electron chi connectivity index (χ2n) is 4.37. The van der Waals surface area contributed by atoms with Crippen LogP contribution in [0, 0.1) is 11.3 Å². The molecule has 1 aliphatic rings. The third-order valence-electron chi connectivity index (χ3n) is 3.18. The summed E-state index contributed by atoms with van der Waals surface area (Å²) < 4.78 is 26.7. The number of hydrogen-bond acceptors (Lipinski definition) is 4. The predicted octanol–water partition coefficient (Wildman–Crippen LogP) is 2.07. The molecule has 1 fully saturated rings. The average Bonchev–Trinajstić information content (AvgIpc) is 2.47. The van der Waals surface area contributed by atoms with Crippen molar-refractivity contribution in [3.8, 4) is 6.07 Å². The van der Waals surface area contributed by atoms with E-state index in [1.807, 2.05) is 17.8 Å². The highest BCUT2D eigenvalue weighted by molar-refractivity contribution is 8.00.